The Hall–Kier alpha value is -2.48. The van der Waals surface area contributed by atoms with E-state index in [-0.39, 0.29) is 6.10 Å². The molecule has 25 heavy (non-hydrogen) atoms. The van der Waals surface area contributed by atoms with Crippen molar-refractivity contribution in [1.29, 1.82) is 0 Å². The average molecular weight is 331 g/mol. The summed E-state index contributed by atoms with van der Waals surface area (Å²) < 4.78 is 6.13. The fraction of sp³-hybridized carbons (Fsp3) is 0.304. The Morgan fingerprint density at radius 3 is 2.76 bits per heavy atom. The van der Waals surface area contributed by atoms with E-state index in [1.54, 1.807) is 0 Å². The van der Waals surface area contributed by atoms with E-state index in [1.165, 1.54) is 29.2 Å². The minimum Gasteiger partial charge on any atom is -0.486 e. The summed E-state index contributed by atoms with van der Waals surface area (Å²) in [4.78, 5) is 0. The maximum Gasteiger partial charge on any atom is 0.142 e. The number of ether oxygens (including phenoxy) is 1. The predicted molar refractivity (Wildman–Crippen MR) is 106 cm³/mol. The Bertz CT molecular complexity index is 852. The number of rotatable bonds is 5. The van der Waals surface area contributed by atoms with E-state index in [0.717, 1.165) is 24.4 Å². The van der Waals surface area contributed by atoms with Crippen LogP contribution in [0.4, 0.5) is 5.69 Å². The van der Waals surface area contributed by atoms with Crippen molar-refractivity contribution in [3.63, 3.8) is 0 Å². The number of fused-ring (bicyclic) bond motifs is 2. The van der Waals surface area contributed by atoms with Crippen LogP contribution in [0.25, 0.3) is 10.8 Å². The summed E-state index contributed by atoms with van der Waals surface area (Å²) in [5.74, 6) is 1.55. The second-order valence-corrected chi connectivity index (χ2v) is 7.02. The lowest BCUT2D eigenvalue weighted by Gasteiger charge is -2.27. The summed E-state index contributed by atoms with van der Waals surface area (Å²) >= 11 is 0. The Balaban J connectivity index is 1.36. The molecule has 0 amide bonds. The van der Waals surface area contributed by atoms with Gasteiger partial charge >= 0.3 is 0 Å². The Kier molecular flexibility index (Phi) is 4.60. The van der Waals surface area contributed by atoms with Gasteiger partial charge in [-0.3, -0.25) is 0 Å². The standard InChI is InChI=1S/C23H25NO/c1-17(20-13-7-10-18-9-2-3-12-21(18)20)8-6-11-19-16-24-22-14-4-5-15-23(22)25-19/h2-5,7,9-10,12-15,17,19,24H,6,8,11,16H2,1H3/t17-,19?/m0/s1. The van der Waals surface area contributed by atoms with Crippen LogP contribution in [-0.2, 0) is 0 Å². The van der Waals surface area contributed by atoms with Crippen LogP contribution in [0.3, 0.4) is 0 Å². The van der Waals surface area contributed by atoms with Crippen molar-refractivity contribution in [3.05, 3.63) is 72.3 Å². The summed E-state index contributed by atoms with van der Waals surface area (Å²) in [5, 5.41) is 6.21. The molecule has 3 aromatic carbocycles. The second-order valence-electron chi connectivity index (χ2n) is 7.02. The minimum atomic E-state index is 0.273. The number of hydrogen-bond donors (Lipinski definition) is 1. The molecular formula is C23H25NO. The molecule has 0 spiro atoms. The molecule has 2 atom stereocenters. The summed E-state index contributed by atoms with van der Waals surface area (Å²) in [7, 11) is 0. The maximum absolute atomic E-state index is 6.13. The van der Waals surface area contributed by atoms with Gasteiger partial charge in [-0.15, -0.1) is 0 Å². The van der Waals surface area contributed by atoms with Gasteiger partial charge in [0.15, 0.2) is 0 Å². The van der Waals surface area contributed by atoms with Crippen molar-refractivity contribution in [2.75, 3.05) is 11.9 Å². The van der Waals surface area contributed by atoms with Crippen LogP contribution in [0, 0.1) is 0 Å². The highest BCUT2D eigenvalue weighted by Crippen LogP contribution is 2.31. The smallest absolute Gasteiger partial charge is 0.142 e. The zero-order valence-corrected chi connectivity index (χ0v) is 14.7. The summed E-state index contributed by atoms with van der Waals surface area (Å²) in [6.07, 6.45) is 3.74. The van der Waals surface area contributed by atoms with Gasteiger partial charge in [0.25, 0.3) is 0 Å². The van der Waals surface area contributed by atoms with Crippen molar-refractivity contribution in [2.24, 2.45) is 0 Å². The fourth-order valence-electron chi connectivity index (χ4n) is 3.81. The number of para-hydroxylation sites is 2. The number of hydrogen-bond acceptors (Lipinski definition) is 2. The van der Waals surface area contributed by atoms with Crippen molar-refractivity contribution < 1.29 is 4.74 Å². The molecule has 1 unspecified atom stereocenters. The first-order chi connectivity index (χ1) is 12.3. The van der Waals surface area contributed by atoms with Gasteiger partial charge in [0.2, 0.25) is 0 Å². The van der Waals surface area contributed by atoms with Gasteiger partial charge in [0.05, 0.1) is 12.2 Å². The zero-order valence-electron chi connectivity index (χ0n) is 14.7. The molecule has 1 N–H and O–H groups in total. The zero-order chi connectivity index (χ0) is 17.1. The van der Waals surface area contributed by atoms with E-state index in [9.17, 15) is 0 Å². The average Bonchev–Trinajstić information content (AvgIpc) is 2.67. The van der Waals surface area contributed by atoms with Crippen LogP contribution in [0.2, 0.25) is 0 Å². The Morgan fingerprint density at radius 1 is 1.00 bits per heavy atom. The quantitative estimate of drug-likeness (QED) is 0.620. The lowest BCUT2D eigenvalue weighted by molar-refractivity contribution is 0.191. The van der Waals surface area contributed by atoms with Gasteiger partial charge < -0.3 is 10.1 Å². The largest absolute Gasteiger partial charge is 0.486 e. The molecule has 4 rings (SSSR count). The van der Waals surface area contributed by atoms with Crippen LogP contribution >= 0.6 is 0 Å². The van der Waals surface area contributed by atoms with Crippen molar-refractivity contribution in [2.45, 2.75) is 38.2 Å². The summed E-state index contributed by atoms with van der Waals surface area (Å²) in [6.45, 7) is 3.25. The normalized spacial score (nSPS) is 17.4. The van der Waals surface area contributed by atoms with Crippen LogP contribution in [0.15, 0.2) is 66.7 Å². The van der Waals surface area contributed by atoms with Crippen LogP contribution in [0.5, 0.6) is 5.75 Å². The third-order valence-electron chi connectivity index (χ3n) is 5.22. The maximum atomic E-state index is 6.13. The van der Waals surface area contributed by atoms with E-state index in [2.05, 4.69) is 60.8 Å². The predicted octanol–water partition coefficient (Wildman–Crippen LogP) is 5.99. The molecule has 1 aliphatic rings. The Morgan fingerprint density at radius 2 is 1.80 bits per heavy atom. The molecule has 3 aromatic rings. The molecule has 0 saturated heterocycles. The first kappa shape index (κ1) is 16.0. The van der Waals surface area contributed by atoms with Gasteiger partial charge in [-0.2, -0.15) is 0 Å². The highest BCUT2D eigenvalue weighted by molar-refractivity contribution is 5.86. The number of benzene rings is 3. The van der Waals surface area contributed by atoms with Crippen LogP contribution in [0.1, 0.15) is 37.7 Å². The molecular weight excluding hydrogens is 306 g/mol. The Labute approximate surface area is 149 Å². The molecule has 0 fully saturated rings. The van der Waals surface area contributed by atoms with Crippen molar-refractivity contribution in [3.8, 4) is 5.75 Å². The van der Waals surface area contributed by atoms with Gasteiger partial charge in [-0.1, -0.05) is 61.5 Å². The minimum absolute atomic E-state index is 0.273. The van der Waals surface area contributed by atoms with Gasteiger partial charge in [-0.05, 0) is 53.6 Å². The van der Waals surface area contributed by atoms with Gasteiger partial charge in [0, 0.05) is 0 Å². The molecule has 2 heteroatoms. The topological polar surface area (TPSA) is 21.3 Å². The molecule has 1 heterocycles. The van der Waals surface area contributed by atoms with Gasteiger partial charge in [0.1, 0.15) is 11.9 Å². The molecule has 0 radical (unpaired) electrons. The molecule has 2 nitrogen and oxygen atoms in total. The SMILES string of the molecule is C[C@@H](CCCC1CNc2ccccc2O1)c1cccc2ccccc12. The second kappa shape index (κ2) is 7.18. The van der Waals surface area contributed by atoms with Crippen molar-refractivity contribution in [1.82, 2.24) is 0 Å². The monoisotopic (exact) mass is 331 g/mol. The molecule has 0 aromatic heterocycles. The first-order valence-electron chi connectivity index (χ1n) is 9.28. The lowest BCUT2D eigenvalue weighted by atomic mass is 9.90. The highest BCUT2D eigenvalue weighted by Gasteiger charge is 2.19. The lowest BCUT2D eigenvalue weighted by Crippen LogP contribution is -2.30. The highest BCUT2D eigenvalue weighted by atomic mass is 16.5. The summed E-state index contributed by atoms with van der Waals surface area (Å²) in [5.41, 5.74) is 2.58. The van der Waals surface area contributed by atoms with Gasteiger partial charge in [-0.25, -0.2) is 0 Å². The van der Waals surface area contributed by atoms with E-state index in [0.29, 0.717) is 5.92 Å². The molecule has 0 aliphatic carbocycles. The van der Waals surface area contributed by atoms with E-state index in [1.807, 2.05) is 18.2 Å². The third kappa shape index (κ3) is 3.48. The number of nitrogens with one attached hydrogen (secondary N) is 1. The third-order valence-corrected chi connectivity index (χ3v) is 5.22. The first-order valence-corrected chi connectivity index (χ1v) is 9.28. The number of anilines is 1. The van der Waals surface area contributed by atoms with E-state index in [4.69, 9.17) is 4.74 Å². The van der Waals surface area contributed by atoms with E-state index >= 15 is 0 Å². The van der Waals surface area contributed by atoms with E-state index < -0.39 is 0 Å². The molecule has 1 aliphatic heterocycles. The molecule has 0 bridgehead atoms. The van der Waals surface area contributed by atoms with Crippen molar-refractivity contribution >= 4 is 16.5 Å². The molecule has 128 valence electrons. The van der Waals surface area contributed by atoms with Crippen LogP contribution < -0.4 is 10.1 Å². The van der Waals surface area contributed by atoms with Crippen LogP contribution in [-0.4, -0.2) is 12.6 Å². The molecule has 0 saturated carbocycles. The summed E-state index contributed by atoms with van der Waals surface area (Å²) in [6, 6.07) is 23.6. The fourth-order valence-corrected chi connectivity index (χ4v) is 3.81.